The molecule has 20 heavy (non-hydrogen) atoms. The fourth-order valence-electron chi connectivity index (χ4n) is 1.79. The maximum atomic E-state index is 8.84. The van der Waals surface area contributed by atoms with E-state index in [2.05, 4.69) is 6.07 Å². The summed E-state index contributed by atoms with van der Waals surface area (Å²) >= 11 is 0. The molecule has 0 heterocycles. The molecule has 0 saturated heterocycles. The lowest BCUT2D eigenvalue weighted by Gasteiger charge is -2.10. The maximum absolute atomic E-state index is 8.84. The zero-order valence-corrected chi connectivity index (χ0v) is 11.4. The predicted octanol–water partition coefficient (Wildman–Crippen LogP) is 3.15. The molecule has 4 heteroatoms. The highest BCUT2D eigenvalue weighted by atomic mass is 16.5. The van der Waals surface area contributed by atoms with Gasteiger partial charge in [-0.25, -0.2) is 0 Å². The lowest BCUT2D eigenvalue weighted by molar-refractivity contribution is 0.303. The highest BCUT2D eigenvalue weighted by Crippen LogP contribution is 2.28. The van der Waals surface area contributed by atoms with Crippen LogP contribution >= 0.6 is 0 Å². The number of rotatable bonds is 5. The highest BCUT2D eigenvalue weighted by molar-refractivity contribution is 5.43. The number of nitrogens with zero attached hydrogens (tertiary/aromatic N) is 1. The summed E-state index contributed by atoms with van der Waals surface area (Å²) < 4.78 is 16.1. The van der Waals surface area contributed by atoms with Crippen LogP contribution in [0.4, 0.5) is 0 Å². The summed E-state index contributed by atoms with van der Waals surface area (Å²) in [5.41, 5.74) is 1.54. The van der Waals surface area contributed by atoms with Crippen molar-refractivity contribution in [2.45, 2.75) is 6.61 Å². The number of hydrogen-bond acceptors (Lipinski definition) is 4. The first-order valence-electron chi connectivity index (χ1n) is 6.10. The number of methoxy groups -OCH3 is 2. The predicted molar refractivity (Wildman–Crippen MR) is 75.0 cm³/mol. The van der Waals surface area contributed by atoms with Crippen molar-refractivity contribution in [1.82, 2.24) is 0 Å². The zero-order valence-electron chi connectivity index (χ0n) is 11.4. The van der Waals surface area contributed by atoms with Crippen molar-refractivity contribution in [3.8, 4) is 23.3 Å². The van der Waals surface area contributed by atoms with Crippen molar-refractivity contribution >= 4 is 0 Å². The smallest absolute Gasteiger partial charge is 0.161 e. The molecule has 0 unspecified atom stereocenters. The van der Waals surface area contributed by atoms with Gasteiger partial charge in [-0.15, -0.1) is 0 Å². The Hall–Kier alpha value is -2.67. The van der Waals surface area contributed by atoms with Crippen LogP contribution in [0.15, 0.2) is 42.5 Å². The molecule has 0 N–H and O–H groups in total. The van der Waals surface area contributed by atoms with Crippen LogP contribution in [0, 0.1) is 11.3 Å². The molecular weight excluding hydrogens is 254 g/mol. The van der Waals surface area contributed by atoms with E-state index in [9.17, 15) is 0 Å². The molecule has 0 aliphatic heterocycles. The second-order valence-corrected chi connectivity index (χ2v) is 4.12. The van der Waals surface area contributed by atoms with Gasteiger partial charge in [0.2, 0.25) is 0 Å². The number of nitriles is 1. The van der Waals surface area contributed by atoms with Crippen molar-refractivity contribution in [3.63, 3.8) is 0 Å². The molecule has 2 rings (SSSR count). The topological polar surface area (TPSA) is 51.5 Å². The van der Waals surface area contributed by atoms with Crippen LogP contribution in [0.2, 0.25) is 0 Å². The quantitative estimate of drug-likeness (QED) is 0.836. The van der Waals surface area contributed by atoms with Crippen molar-refractivity contribution in [2.24, 2.45) is 0 Å². The molecule has 2 aromatic rings. The monoisotopic (exact) mass is 269 g/mol. The van der Waals surface area contributed by atoms with Crippen LogP contribution in [0.1, 0.15) is 11.1 Å². The second kappa shape index (κ2) is 6.48. The molecule has 0 atom stereocenters. The van der Waals surface area contributed by atoms with Crippen LogP contribution < -0.4 is 14.2 Å². The summed E-state index contributed by atoms with van der Waals surface area (Å²) in [5.74, 6) is 2.01. The third-order valence-electron chi connectivity index (χ3n) is 2.82. The van der Waals surface area contributed by atoms with E-state index in [4.69, 9.17) is 19.5 Å². The van der Waals surface area contributed by atoms with Gasteiger partial charge in [-0.3, -0.25) is 0 Å². The molecule has 0 bridgehead atoms. The maximum Gasteiger partial charge on any atom is 0.161 e. The van der Waals surface area contributed by atoms with Gasteiger partial charge in [-0.05, 0) is 35.9 Å². The standard InChI is InChI=1S/C16H15NO3/c1-18-15-7-6-13(9-16(15)19-2)11-20-14-5-3-4-12(8-14)10-17/h3-9H,11H2,1-2H3. The Morgan fingerprint density at radius 2 is 1.80 bits per heavy atom. The third kappa shape index (κ3) is 3.21. The molecule has 0 aromatic heterocycles. The van der Waals surface area contributed by atoms with Crippen LogP contribution in [0.3, 0.4) is 0 Å². The summed E-state index contributed by atoms with van der Waals surface area (Å²) in [5, 5.41) is 8.84. The Morgan fingerprint density at radius 3 is 2.50 bits per heavy atom. The van der Waals surface area contributed by atoms with E-state index in [0.717, 1.165) is 5.56 Å². The molecular formula is C16H15NO3. The van der Waals surface area contributed by atoms with Crippen LogP contribution in [0.25, 0.3) is 0 Å². The number of hydrogen-bond donors (Lipinski definition) is 0. The van der Waals surface area contributed by atoms with Gasteiger partial charge in [-0.2, -0.15) is 5.26 Å². The van der Waals surface area contributed by atoms with E-state index >= 15 is 0 Å². The van der Waals surface area contributed by atoms with Gasteiger partial charge in [0.05, 0.1) is 25.9 Å². The minimum absolute atomic E-state index is 0.398. The Labute approximate surface area is 118 Å². The molecule has 0 spiro atoms. The number of benzene rings is 2. The fourth-order valence-corrected chi connectivity index (χ4v) is 1.79. The lowest BCUT2D eigenvalue weighted by Crippen LogP contribution is -1.97. The van der Waals surface area contributed by atoms with Gasteiger partial charge in [0.1, 0.15) is 12.4 Å². The molecule has 0 saturated carbocycles. The Morgan fingerprint density at radius 1 is 1.00 bits per heavy atom. The Kier molecular flexibility index (Phi) is 4.46. The third-order valence-corrected chi connectivity index (χ3v) is 2.82. The molecule has 0 amide bonds. The molecule has 0 aliphatic rings. The van der Waals surface area contributed by atoms with Crippen LogP contribution in [-0.4, -0.2) is 14.2 Å². The summed E-state index contributed by atoms with van der Waals surface area (Å²) in [4.78, 5) is 0. The average molecular weight is 269 g/mol. The van der Waals surface area contributed by atoms with Gasteiger partial charge in [0, 0.05) is 0 Å². The van der Waals surface area contributed by atoms with Crippen LogP contribution in [0.5, 0.6) is 17.2 Å². The van der Waals surface area contributed by atoms with E-state index in [0.29, 0.717) is 29.4 Å². The van der Waals surface area contributed by atoms with Gasteiger partial charge in [0.25, 0.3) is 0 Å². The van der Waals surface area contributed by atoms with Gasteiger partial charge < -0.3 is 14.2 Å². The van der Waals surface area contributed by atoms with Crippen LogP contribution in [-0.2, 0) is 6.61 Å². The first kappa shape index (κ1) is 13.8. The van der Waals surface area contributed by atoms with Crippen molar-refractivity contribution in [3.05, 3.63) is 53.6 Å². The van der Waals surface area contributed by atoms with E-state index in [1.54, 1.807) is 32.4 Å². The molecule has 0 fully saturated rings. The highest BCUT2D eigenvalue weighted by Gasteiger charge is 2.05. The minimum Gasteiger partial charge on any atom is -0.493 e. The molecule has 0 radical (unpaired) electrons. The fraction of sp³-hybridized carbons (Fsp3) is 0.188. The Balaban J connectivity index is 2.09. The van der Waals surface area contributed by atoms with Gasteiger partial charge >= 0.3 is 0 Å². The van der Waals surface area contributed by atoms with E-state index in [-0.39, 0.29) is 0 Å². The van der Waals surface area contributed by atoms with Gasteiger partial charge in [-0.1, -0.05) is 12.1 Å². The molecule has 4 nitrogen and oxygen atoms in total. The minimum atomic E-state index is 0.398. The SMILES string of the molecule is COc1ccc(COc2cccc(C#N)c2)cc1OC. The normalized spacial score (nSPS) is 9.65. The van der Waals surface area contributed by atoms with E-state index in [1.165, 1.54) is 0 Å². The molecule has 102 valence electrons. The van der Waals surface area contributed by atoms with Gasteiger partial charge in [0.15, 0.2) is 11.5 Å². The summed E-state index contributed by atoms with van der Waals surface area (Å²) in [7, 11) is 3.19. The summed E-state index contributed by atoms with van der Waals surface area (Å²) in [6, 6.07) is 14.8. The molecule has 0 aliphatic carbocycles. The lowest BCUT2D eigenvalue weighted by atomic mass is 10.2. The summed E-state index contributed by atoms with van der Waals surface area (Å²) in [6.07, 6.45) is 0. The summed E-state index contributed by atoms with van der Waals surface area (Å²) in [6.45, 7) is 0.398. The zero-order chi connectivity index (χ0) is 14.4. The van der Waals surface area contributed by atoms with E-state index < -0.39 is 0 Å². The first-order chi connectivity index (χ1) is 9.76. The van der Waals surface area contributed by atoms with E-state index in [1.807, 2.05) is 24.3 Å². The number of ether oxygens (including phenoxy) is 3. The largest absolute Gasteiger partial charge is 0.493 e. The van der Waals surface area contributed by atoms with Crippen molar-refractivity contribution in [1.29, 1.82) is 5.26 Å². The Bertz CT molecular complexity index is 632. The average Bonchev–Trinajstić information content (AvgIpc) is 2.52. The first-order valence-corrected chi connectivity index (χ1v) is 6.10. The second-order valence-electron chi connectivity index (χ2n) is 4.12. The van der Waals surface area contributed by atoms with Crippen molar-refractivity contribution < 1.29 is 14.2 Å². The van der Waals surface area contributed by atoms with Crippen molar-refractivity contribution in [2.75, 3.05) is 14.2 Å². The molecule has 2 aromatic carbocycles.